The van der Waals surface area contributed by atoms with E-state index in [2.05, 4.69) is 20.9 Å². The highest BCUT2D eigenvalue weighted by Crippen LogP contribution is 2.19. The van der Waals surface area contributed by atoms with Gasteiger partial charge in [-0.15, -0.1) is 0 Å². The molecule has 1 aromatic heterocycles. The molecule has 1 heterocycles. The predicted octanol–water partition coefficient (Wildman–Crippen LogP) is 3.91. The molecule has 3 rings (SSSR count). The third-order valence-corrected chi connectivity index (χ3v) is 4.13. The summed E-state index contributed by atoms with van der Waals surface area (Å²) >= 11 is 0. The Balaban J connectivity index is 1.64. The van der Waals surface area contributed by atoms with Crippen molar-refractivity contribution in [1.82, 2.24) is 4.98 Å². The van der Waals surface area contributed by atoms with Crippen molar-refractivity contribution < 1.29 is 14.3 Å². The first-order chi connectivity index (χ1) is 14.0. The molecule has 0 saturated heterocycles. The number of benzene rings is 2. The number of methoxy groups -OCH3 is 1. The van der Waals surface area contributed by atoms with Crippen molar-refractivity contribution in [3.05, 3.63) is 78.1 Å². The molecule has 7 heteroatoms. The van der Waals surface area contributed by atoms with Crippen LogP contribution in [-0.4, -0.2) is 23.9 Å². The zero-order valence-corrected chi connectivity index (χ0v) is 16.2. The van der Waals surface area contributed by atoms with Crippen LogP contribution >= 0.6 is 0 Å². The van der Waals surface area contributed by atoms with Gasteiger partial charge in [-0.25, -0.2) is 0 Å². The molecule has 0 atom stereocenters. The lowest BCUT2D eigenvalue weighted by atomic mass is 10.2. The van der Waals surface area contributed by atoms with Gasteiger partial charge in [0.05, 0.1) is 7.11 Å². The Morgan fingerprint density at radius 1 is 0.931 bits per heavy atom. The molecule has 0 fully saturated rings. The van der Waals surface area contributed by atoms with E-state index in [1.807, 2.05) is 24.3 Å². The third kappa shape index (κ3) is 5.55. The van der Waals surface area contributed by atoms with Crippen molar-refractivity contribution in [3.8, 4) is 5.75 Å². The first-order valence-corrected chi connectivity index (χ1v) is 9.06. The number of hydrogen-bond donors (Lipinski definition) is 3. The Kier molecular flexibility index (Phi) is 6.42. The molecule has 7 nitrogen and oxygen atoms in total. The molecule has 0 bridgehead atoms. The second-order valence-electron chi connectivity index (χ2n) is 6.31. The van der Waals surface area contributed by atoms with E-state index in [-0.39, 0.29) is 11.8 Å². The summed E-state index contributed by atoms with van der Waals surface area (Å²) in [5, 5.41) is 8.76. The van der Waals surface area contributed by atoms with Gasteiger partial charge in [-0.05, 0) is 42.5 Å². The number of amides is 2. The van der Waals surface area contributed by atoms with Crippen LogP contribution in [0.3, 0.4) is 0 Å². The summed E-state index contributed by atoms with van der Waals surface area (Å²) in [6, 6.07) is 18.1. The van der Waals surface area contributed by atoms with E-state index in [1.165, 1.54) is 6.92 Å². The van der Waals surface area contributed by atoms with Crippen molar-refractivity contribution in [1.29, 1.82) is 0 Å². The van der Waals surface area contributed by atoms with Crippen molar-refractivity contribution in [3.63, 3.8) is 0 Å². The molecule has 0 spiro atoms. The molecule has 0 aliphatic heterocycles. The highest BCUT2D eigenvalue weighted by molar-refractivity contribution is 6.03. The summed E-state index contributed by atoms with van der Waals surface area (Å²) in [6.07, 6.45) is 1.58. The highest BCUT2D eigenvalue weighted by atomic mass is 16.5. The smallest absolute Gasteiger partial charge is 0.274 e. The fraction of sp³-hybridized carbons (Fsp3) is 0.136. The summed E-state index contributed by atoms with van der Waals surface area (Å²) in [5.74, 6) is 0.330. The fourth-order valence-electron chi connectivity index (χ4n) is 2.75. The Morgan fingerprint density at radius 3 is 2.31 bits per heavy atom. The van der Waals surface area contributed by atoms with Gasteiger partial charge in [0.25, 0.3) is 5.91 Å². The van der Waals surface area contributed by atoms with Gasteiger partial charge in [0.15, 0.2) is 0 Å². The number of pyridine rings is 1. The first-order valence-electron chi connectivity index (χ1n) is 9.06. The molecule has 2 amide bonds. The van der Waals surface area contributed by atoms with E-state index in [4.69, 9.17) is 4.74 Å². The van der Waals surface area contributed by atoms with Crippen LogP contribution in [0.25, 0.3) is 0 Å². The summed E-state index contributed by atoms with van der Waals surface area (Å²) in [6.45, 7) is 2.00. The standard InChI is InChI=1S/C22H22N4O3/c1-15(27)25-17-7-9-18(10-8-17)26-22(28)20-13-19(11-12-23-20)24-14-16-5-3-4-6-21(16)29-2/h3-13H,14H2,1-2H3,(H,23,24)(H,25,27)(H,26,28). The van der Waals surface area contributed by atoms with Crippen LogP contribution in [-0.2, 0) is 11.3 Å². The molecule has 0 aliphatic rings. The Hall–Kier alpha value is -3.87. The number of para-hydroxylation sites is 1. The minimum atomic E-state index is -0.321. The van der Waals surface area contributed by atoms with E-state index >= 15 is 0 Å². The van der Waals surface area contributed by atoms with Crippen LogP contribution in [0.5, 0.6) is 5.75 Å². The van der Waals surface area contributed by atoms with Crippen LogP contribution in [0.15, 0.2) is 66.9 Å². The van der Waals surface area contributed by atoms with Crippen LogP contribution in [0.2, 0.25) is 0 Å². The lowest BCUT2D eigenvalue weighted by Crippen LogP contribution is -2.14. The normalized spacial score (nSPS) is 10.1. The van der Waals surface area contributed by atoms with Crippen molar-refractivity contribution in [2.24, 2.45) is 0 Å². The zero-order chi connectivity index (χ0) is 20.6. The number of ether oxygens (including phenoxy) is 1. The van der Waals surface area contributed by atoms with E-state index in [9.17, 15) is 9.59 Å². The van der Waals surface area contributed by atoms with E-state index in [0.29, 0.717) is 23.6 Å². The van der Waals surface area contributed by atoms with Crippen molar-refractivity contribution in [2.75, 3.05) is 23.1 Å². The van der Waals surface area contributed by atoms with Crippen LogP contribution in [0.1, 0.15) is 23.0 Å². The Bertz CT molecular complexity index is 1000. The van der Waals surface area contributed by atoms with E-state index in [0.717, 1.165) is 17.0 Å². The maximum absolute atomic E-state index is 12.5. The molecule has 2 aromatic carbocycles. The quantitative estimate of drug-likeness (QED) is 0.569. The molecular weight excluding hydrogens is 368 g/mol. The molecule has 3 aromatic rings. The van der Waals surface area contributed by atoms with Gasteiger partial charge < -0.3 is 20.7 Å². The minimum Gasteiger partial charge on any atom is -0.496 e. The minimum absolute atomic E-state index is 0.150. The largest absolute Gasteiger partial charge is 0.496 e. The van der Waals surface area contributed by atoms with Gasteiger partial charge >= 0.3 is 0 Å². The number of anilines is 3. The zero-order valence-electron chi connectivity index (χ0n) is 16.2. The van der Waals surface area contributed by atoms with Crippen LogP contribution < -0.4 is 20.7 Å². The van der Waals surface area contributed by atoms with Crippen LogP contribution in [0, 0.1) is 0 Å². The second kappa shape index (κ2) is 9.36. The molecule has 3 N–H and O–H groups in total. The molecule has 0 radical (unpaired) electrons. The summed E-state index contributed by atoms with van der Waals surface area (Å²) in [5.41, 5.74) is 3.35. The Labute approximate surface area is 169 Å². The highest BCUT2D eigenvalue weighted by Gasteiger charge is 2.09. The van der Waals surface area contributed by atoms with Crippen LogP contribution in [0.4, 0.5) is 17.1 Å². The molecule has 29 heavy (non-hydrogen) atoms. The summed E-state index contributed by atoms with van der Waals surface area (Å²) < 4.78 is 5.35. The molecule has 0 unspecified atom stereocenters. The van der Waals surface area contributed by atoms with E-state index in [1.54, 1.807) is 49.7 Å². The maximum Gasteiger partial charge on any atom is 0.274 e. The number of carbonyl (C=O) groups excluding carboxylic acids is 2. The molecule has 148 valence electrons. The molecule has 0 saturated carbocycles. The number of hydrogen-bond acceptors (Lipinski definition) is 5. The van der Waals surface area contributed by atoms with Gasteiger partial charge in [0, 0.05) is 42.3 Å². The topological polar surface area (TPSA) is 92.3 Å². The van der Waals surface area contributed by atoms with Gasteiger partial charge in [-0.2, -0.15) is 0 Å². The first kappa shape index (κ1) is 19.9. The fourth-order valence-corrected chi connectivity index (χ4v) is 2.75. The average molecular weight is 390 g/mol. The summed E-state index contributed by atoms with van der Waals surface area (Å²) in [4.78, 5) is 27.7. The lowest BCUT2D eigenvalue weighted by Gasteiger charge is -2.11. The van der Waals surface area contributed by atoms with Gasteiger partial charge in [0.1, 0.15) is 11.4 Å². The van der Waals surface area contributed by atoms with Gasteiger partial charge in [-0.3, -0.25) is 14.6 Å². The van der Waals surface area contributed by atoms with Gasteiger partial charge in [0.2, 0.25) is 5.91 Å². The maximum atomic E-state index is 12.5. The predicted molar refractivity (Wildman–Crippen MR) is 113 cm³/mol. The summed E-state index contributed by atoms with van der Waals surface area (Å²) in [7, 11) is 1.64. The second-order valence-corrected chi connectivity index (χ2v) is 6.31. The average Bonchev–Trinajstić information content (AvgIpc) is 2.73. The molecule has 0 aliphatic carbocycles. The Morgan fingerprint density at radius 2 is 1.62 bits per heavy atom. The number of nitrogens with zero attached hydrogens (tertiary/aromatic N) is 1. The third-order valence-electron chi connectivity index (χ3n) is 4.13. The van der Waals surface area contributed by atoms with Gasteiger partial charge in [-0.1, -0.05) is 18.2 Å². The number of carbonyl (C=O) groups is 2. The van der Waals surface area contributed by atoms with Crippen molar-refractivity contribution >= 4 is 28.9 Å². The molecular formula is C22H22N4O3. The monoisotopic (exact) mass is 390 g/mol. The number of rotatable bonds is 7. The SMILES string of the molecule is COc1ccccc1CNc1ccnc(C(=O)Nc2ccc(NC(C)=O)cc2)c1. The van der Waals surface area contributed by atoms with Crippen molar-refractivity contribution in [2.45, 2.75) is 13.5 Å². The lowest BCUT2D eigenvalue weighted by molar-refractivity contribution is -0.114. The van der Waals surface area contributed by atoms with E-state index < -0.39 is 0 Å². The number of aromatic nitrogens is 1. The number of nitrogens with one attached hydrogen (secondary N) is 3.